The number of benzene rings is 2. The van der Waals surface area contributed by atoms with Crippen LogP contribution in [0.4, 0.5) is 0 Å². The van der Waals surface area contributed by atoms with Crippen LogP contribution in [-0.4, -0.2) is 18.5 Å². The van der Waals surface area contributed by atoms with E-state index < -0.39 is 10.0 Å². The highest BCUT2D eigenvalue weighted by Crippen LogP contribution is 2.38. The minimum absolute atomic E-state index is 0.248. The third kappa shape index (κ3) is 3.22. The van der Waals surface area contributed by atoms with Gasteiger partial charge < -0.3 is 0 Å². The van der Waals surface area contributed by atoms with E-state index in [0.717, 1.165) is 20.6 Å². The molecule has 1 aliphatic heterocycles. The number of nitrogens with zero attached hydrogens (tertiary/aromatic N) is 2. The quantitative estimate of drug-likeness (QED) is 0.562. The molecule has 0 amide bonds. The van der Waals surface area contributed by atoms with E-state index in [0.29, 0.717) is 6.42 Å². The first kappa shape index (κ1) is 17.5. The molecule has 4 nitrogen and oxygen atoms in total. The fraction of sp³-hybridized carbons (Fsp3) is 0.105. The topological polar surface area (TPSA) is 49.7 Å². The largest absolute Gasteiger partial charge is 0.279 e. The molecule has 26 heavy (non-hydrogen) atoms. The normalized spacial score (nSPS) is 17.3. The predicted molar refractivity (Wildman–Crippen MR) is 108 cm³/mol. The van der Waals surface area contributed by atoms with Crippen LogP contribution in [0.15, 0.2) is 86.6 Å². The molecule has 0 bridgehead atoms. The van der Waals surface area contributed by atoms with Crippen molar-refractivity contribution in [3.8, 4) is 0 Å². The van der Waals surface area contributed by atoms with E-state index >= 15 is 0 Å². The highest BCUT2D eigenvalue weighted by Gasteiger charge is 2.37. The third-order valence-electron chi connectivity index (χ3n) is 4.22. The van der Waals surface area contributed by atoms with Gasteiger partial charge in [0.2, 0.25) is 0 Å². The van der Waals surface area contributed by atoms with E-state index in [1.54, 1.807) is 41.7 Å². The summed E-state index contributed by atoms with van der Waals surface area (Å²) in [6, 6.07) is 19.7. The Bertz CT molecular complexity index is 1030. The van der Waals surface area contributed by atoms with Crippen molar-refractivity contribution in [3.63, 3.8) is 0 Å². The Morgan fingerprint density at radius 3 is 2.38 bits per heavy atom. The highest BCUT2D eigenvalue weighted by atomic mass is 79.9. The molecule has 0 saturated heterocycles. The van der Waals surface area contributed by atoms with Gasteiger partial charge in [-0.1, -0.05) is 52.3 Å². The van der Waals surface area contributed by atoms with Crippen LogP contribution in [0.25, 0.3) is 0 Å². The van der Waals surface area contributed by atoms with Gasteiger partial charge in [0.25, 0.3) is 10.0 Å². The molecular formula is C19H15BrN2O2S2. The first-order valence-electron chi connectivity index (χ1n) is 8.02. The lowest BCUT2D eigenvalue weighted by atomic mass is 10.0. The maximum absolute atomic E-state index is 13.2. The van der Waals surface area contributed by atoms with Crippen molar-refractivity contribution < 1.29 is 8.42 Å². The van der Waals surface area contributed by atoms with E-state index in [4.69, 9.17) is 0 Å². The van der Waals surface area contributed by atoms with Crippen molar-refractivity contribution in [2.45, 2.75) is 17.4 Å². The lowest BCUT2D eigenvalue weighted by molar-refractivity contribution is 0.371. The fourth-order valence-electron chi connectivity index (χ4n) is 2.94. The monoisotopic (exact) mass is 446 g/mol. The third-order valence-corrected chi connectivity index (χ3v) is 7.36. The maximum Gasteiger partial charge on any atom is 0.279 e. The Hall–Kier alpha value is -1.96. The molecule has 1 aliphatic rings. The number of thiophene rings is 1. The molecule has 7 heteroatoms. The summed E-state index contributed by atoms with van der Waals surface area (Å²) in [5.74, 6) is 0. The van der Waals surface area contributed by atoms with E-state index in [-0.39, 0.29) is 10.9 Å². The molecular weight excluding hydrogens is 432 g/mol. The molecule has 0 N–H and O–H groups in total. The zero-order chi connectivity index (χ0) is 18.1. The summed E-state index contributed by atoms with van der Waals surface area (Å²) in [5.41, 5.74) is 1.72. The van der Waals surface area contributed by atoms with E-state index in [1.165, 1.54) is 4.41 Å². The maximum atomic E-state index is 13.2. The summed E-state index contributed by atoms with van der Waals surface area (Å²) in [6.07, 6.45) is 0.550. The van der Waals surface area contributed by atoms with Gasteiger partial charge in [-0.3, -0.25) is 0 Å². The lowest BCUT2D eigenvalue weighted by Crippen LogP contribution is -2.27. The average molecular weight is 447 g/mol. The number of rotatable bonds is 4. The Morgan fingerprint density at radius 1 is 1.00 bits per heavy atom. The smallest absolute Gasteiger partial charge is 0.200 e. The van der Waals surface area contributed by atoms with E-state index in [2.05, 4.69) is 21.0 Å². The summed E-state index contributed by atoms with van der Waals surface area (Å²) in [4.78, 5) is 1.25. The molecule has 0 aliphatic carbocycles. The van der Waals surface area contributed by atoms with Crippen LogP contribution in [0.5, 0.6) is 0 Å². The van der Waals surface area contributed by atoms with E-state index in [1.807, 2.05) is 41.8 Å². The molecule has 0 radical (unpaired) electrons. The van der Waals surface area contributed by atoms with Crippen LogP contribution in [0.3, 0.4) is 0 Å². The molecule has 3 aromatic rings. The van der Waals surface area contributed by atoms with Crippen molar-refractivity contribution >= 4 is 43.0 Å². The second-order valence-corrected chi connectivity index (χ2v) is 9.55. The number of sulfonamides is 1. The summed E-state index contributed by atoms with van der Waals surface area (Å²) in [7, 11) is -3.73. The van der Waals surface area contributed by atoms with Crippen molar-refractivity contribution in [1.82, 2.24) is 4.41 Å². The number of hydrazone groups is 1. The molecule has 2 aromatic carbocycles. The zero-order valence-corrected chi connectivity index (χ0v) is 16.8. The van der Waals surface area contributed by atoms with Gasteiger partial charge >= 0.3 is 0 Å². The second-order valence-electron chi connectivity index (χ2n) is 5.89. The van der Waals surface area contributed by atoms with Gasteiger partial charge in [0.05, 0.1) is 21.5 Å². The van der Waals surface area contributed by atoms with Gasteiger partial charge in [0.15, 0.2) is 0 Å². The van der Waals surface area contributed by atoms with Crippen molar-refractivity contribution in [2.24, 2.45) is 5.10 Å². The number of hydrogen-bond donors (Lipinski definition) is 0. The zero-order valence-electron chi connectivity index (χ0n) is 13.6. The summed E-state index contributed by atoms with van der Waals surface area (Å²) in [6.45, 7) is 0. The summed E-state index contributed by atoms with van der Waals surface area (Å²) < 4.78 is 28.6. The molecule has 0 spiro atoms. The summed E-state index contributed by atoms with van der Waals surface area (Å²) >= 11 is 5.00. The molecule has 1 atom stereocenters. The lowest BCUT2D eigenvalue weighted by Gasteiger charge is -2.23. The Labute approximate surface area is 165 Å². The summed E-state index contributed by atoms with van der Waals surface area (Å²) in [5, 5.41) is 6.49. The second kappa shape index (κ2) is 6.98. The Morgan fingerprint density at radius 2 is 1.73 bits per heavy atom. The van der Waals surface area contributed by atoms with Crippen LogP contribution in [-0.2, 0) is 10.0 Å². The first-order valence-corrected chi connectivity index (χ1v) is 11.1. The minimum Gasteiger partial charge on any atom is -0.200 e. The molecule has 1 aromatic heterocycles. The standard InChI is InChI=1S/C19H15BrN2O2S2/c20-15-10-8-14(9-11-15)18-13-17(19-7-4-12-25-19)21-22(18)26(23,24)16-5-2-1-3-6-16/h1-12,18H,13H2/t18-/m1/s1. The average Bonchev–Trinajstić information content (AvgIpc) is 3.33. The van der Waals surface area contributed by atoms with Crippen LogP contribution >= 0.6 is 27.3 Å². The van der Waals surface area contributed by atoms with Crippen LogP contribution in [0.1, 0.15) is 22.9 Å². The molecule has 2 heterocycles. The Kier molecular flexibility index (Phi) is 4.69. The van der Waals surface area contributed by atoms with Crippen molar-refractivity contribution in [1.29, 1.82) is 0 Å². The molecule has 132 valence electrons. The van der Waals surface area contributed by atoms with Crippen LogP contribution < -0.4 is 0 Å². The molecule has 4 rings (SSSR count). The van der Waals surface area contributed by atoms with Crippen LogP contribution in [0.2, 0.25) is 0 Å². The minimum atomic E-state index is -3.73. The Balaban J connectivity index is 1.79. The first-order chi connectivity index (χ1) is 12.6. The fourth-order valence-corrected chi connectivity index (χ4v) is 5.38. The van der Waals surface area contributed by atoms with E-state index in [9.17, 15) is 8.42 Å². The number of halogens is 1. The van der Waals surface area contributed by atoms with Gasteiger partial charge in [0, 0.05) is 10.9 Å². The predicted octanol–water partition coefficient (Wildman–Crippen LogP) is 5.05. The highest BCUT2D eigenvalue weighted by molar-refractivity contribution is 9.10. The molecule has 0 fully saturated rings. The van der Waals surface area contributed by atoms with Gasteiger partial charge in [-0.25, -0.2) is 0 Å². The van der Waals surface area contributed by atoms with Crippen molar-refractivity contribution in [3.05, 3.63) is 87.0 Å². The van der Waals surface area contributed by atoms with Gasteiger partial charge in [-0.05, 0) is 41.3 Å². The SMILES string of the molecule is O=S(=O)(c1ccccc1)N1N=C(c2cccs2)C[C@@H]1c1ccc(Br)cc1. The molecule has 0 saturated carbocycles. The van der Waals surface area contributed by atoms with Gasteiger partial charge in [-0.2, -0.15) is 17.9 Å². The van der Waals surface area contributed by atoms with Crippen molar-refractivity contribution in [2.75, 3.05) is 0 Å². The van der Waals surface area contributed by atoms with Gasteiger partial charge in [0.1, 0.15) is 0 Å². The number of hydrogen-bond acceptors (Lipinski definition) is 4. The van der Waals surface area contributed by atoms with Crippen LogP contribution in [0, 0.1) is 0 Å². The molecule has 0 unspecified atom stereocenters. The van der Waals surface area contributed by atoms with Gasteiger partial charge in [-0.15, -0.1) is 11.3 Å².